The monoisotopic (exact) mass is 256 g/mol. The van der Waals surface area contributed by atoms with Crippen molar-refractivity contribution in [3.8, 4) is 0 Å². The van der Waals surface area contributed by atoms with Gasteiger partial charge in [0.1, 0.15) is 5.82 Å². The van der Waals surface area contributed by atoms with Crippen LogP contribution in [0.4, 0.5) is 5.82 Å². The highest BCUT2D eigenvalue weighted by atomic mass is 15.2. The summed E-state index contributed by atoms with van der Waals surface area (Å²) in [5, 5.41) is 3.11. The first-order valence-corrected chi connectivity index (χ1v) is 6.43. The van der Waals surface area contributed by atoms with Crippen molar-refractivity contribution in [2.75, 3.05) is 19.0 Å². The zero-order valence-corrected chi connectivity index (χ0v) is 11.7. The summed E-state index contributed by atoms with van der Waals surface area (Å²) < 4.78 is 0. The van der Waals surface area contributed by atoms with Gasteiger partial charge in [-0.15, -0.1) is 0 Å². The number of nitrogens with one attached hydrogen (secondary N) is 1. The van der Waals surface area contributed by atoms with Gasteiger partial charge < -0.3 is 10.2 Å². The maximum absolute atomic E-state index is 4.62. The van der Waals surface area contributed by atoms with E-state index in [0.717, 1.165) is 36.0 Å². The number of pyridine rings is 2. The van der Waals surface area contributed by atoms with Crippen LogP contribution in [0.25, 0.3) is 0 Å². The van der Waals surface area contributed by atoms with E-state index in [2.05, 4.69) is 20.2 Å². The Kier molecular flexibility index (Phi) is 4.47. The second kappa shape index (κ2) is 6.29. The summed E-state index contributed by atoms with van der Waals surface area (Å²) in [6, 6.07) is 12.2. The predicted molar refractivity (Wildman–Crippen MR) is 78.1 cm³/mol. The molecule has 2 aromatic heterocycles. The maximum Gasteiger partial charge on any atom is 0.128 e. The third-order valence-corrected chi connectivity index (χ3v) is 2.89. The van der Waals surface area contributed by atoms with E-state index in [4.69, 9.17) is 0 Å². The number of nitrogens with zero attached hydrogens (tertiary/aromatic N) is 3. The Balaban J connectivity index is 2.11. The van der Waals surface area contributed by atoms with Crippen LogP contribution in [0.2, 0.25) is 0 Å². The predicted octanol–water partition coefficient (Wildman–Crippen LogP) is 2.14. The summed E-state index contributed by atoms with van der Waals surface area (Å²) in [5.41, 5.74) is 3.15. The van der Waals surface area contributed by atoms with Gasteiger partial charge in [0, 0.05) is 19.3 Å². The summed E-state index contributed by atoms with van der Waals surface area (Å²) in [6.07, 6.45) is 0. The fourth-order valence-electron chi connectivity index (χ4n) is 1.97. The lowest BCUT2D eigenvalue weighted by Crippen LogP contribution is -2.19. The summed E-state index contributed by atoms with van der Waals surface area (Å²) in [7, 11) is 3.96. The lowest BCUT2D eigenvalue weighted by molar-refractivity contribution is 0.780. The molecule has 2 rings (SSSR count). The highest BCUT2D eigenvalue weighted by Gasteiger charge is 2.05. The van der Waals surface area contributed by atoms with Crippen LogP contribution in [0, 0.1) is 6.92 Å². The van der Waals surface area contributed by atoms with Crippen LogP contribution in [-0.2, 0) is 13.1 Å². The molecular weight excluding hydrogens is 236 g/mol. The third kappa shape index (κ3) is 3.76. The van der Waals surface area contributed by atoms with Crippen LogP contribution in [0.15, 0.2) is 36.4 Å². The first-order chi connectivity index (χ1) is 9.19. The van der Waals surface area contributed by atoms with Gasteiger partial charge in [-0.25, -0.2) is 4.98 Å². The molecule has 0 bridgehead atoms. The summed E-state index contributed by atoms with van der Waals surface area (Å²) in [5.74, 6) is 0.969. The minimum Gasteiger partial charge on any atom is -0.354 e. The Morgan fingerprint density at radius 1 is 1.05 bits per heavy atom. The first kappa shape index (κ1) is 13.5. The number of aromatic nitrogens is 2. The van der Waals surface area contributed by atoms with Crippen molar-refractivity contribution in [2.24, 2.45) is 0 Å². The quantitative estimate of drug-likeness (QED) is 0.890. The van der Waals surface area contributed by atoms with Crippen molar-refractivity contribution in [3.63, 3.8) is 0 Å². The zero-order valence-electron chi connectivity index (χ0n) is 11.7. The standard InChI is InChI=1S/C15H20N4/c1-12-6-4-8-14(17-12)11-19(3)15-9-5-7-13(18-15)10-16-2/h4-9,16H,10-11H2,1-3H3. The van der Waals surface area contributed by atoms with E-state index >= 15 is 0 Å². The molecule has 0 aliphatic rings. The maximum atomic E-state index is 4.62. The Morgan fingerprint density at radius 3 is 2.53 bits per heavy atom. The molecule has 0 saturated carbocycles. The highest BCUT2D eigenvalue weighted by Crippen LogP contribution is 2.12. The van der Waals surface area contributed by atoms with Crippen LogP contribution in [-0.4, -0.2) is 24.1 Å². The molecule has 0 aliphatic heterocycles. The van der Waals surface area contributed by atoms with E-state index in [1.165, 1.54) is 0 Å². The van der Waals surface area contributed by atoms with Gasteiger partial charge in [-0.3, -0.25) is 4.98 Å². The van der Waals surface area contributed by atoms with Gasteiger partial charge >= 0.3 is 0 Å². The smallest absolute Gasteiger partial charge is 0.128 e. The molecule has 0 aromatic carbocycles. The van der Waals surface area contributed by atoms with E-state index in [1.807, 2.05) is 57.4 Å². The second-order valence-electron chi connectivity index (χ2n) is 4.64. The van der Waals surface area contributed by atoms with Crippen molar-refractivity contribution in [3.05, 3.63) is 53.5 Å². The molecule has 4 heteroatoms. The molecule has 0 aliphatic carbocycles. The third-order valence-electron chi connectivity index (χ3n) is 2.89. The molecule has 1 N–H and O–H groups in total. The topological polar surface area (TPSA) is 41.0 Å². The molecular formula is C15H20N4. The van der Waals surface area contributed by atoms with Crippen molar-refractivity contribution in [2.45, 2.75) is 20.0 Å². The van der Waals surface area contributed by atoms with E-state index in [1.54, 1.807) is 0 Å². The highest BCUT2D eigenvalue weighted by molar-refractivity contribution is 5.38. The number of hydrogen-bond acceptors (Lipinski definition) is 4. The van der Waals surface area contributed by atoms with E-state index in [-0.39, 0.29) is 0 Å². The average Bonchev–Trinajstić information content (AvgIpc) is 2.39. The Bertz CT molecular complexity index is 539. The molecule has 2 aromatic rings. The van der Waals surface area contributed by atoms with Crippen molar-refractivity contribution in [1.29, 1.82) is 0 Å². The van der Waals surface area contributed by atoms with E-state index in [0.29, 0.717) is 0 Å². The molecule has 19 heavy (non-hydrogen) atoms. The lowest BCUT2D eigenvalue weighted by atomic mass is 10.3. The number of anilines is 1. The van der Waals surface area contributed by atoms with Crippen molar-refractivity contribution >= 4 is 5.82 Å². The molecule has 0 atom stereocenters. The molecule has 2 heterocycles. The van der Waals surface area contributed by atoms with Gasteiger partial charge in [0.25, 0.3) is 0 Å². The lowest BCUT2D eigenvalue weighted by Gasteiger charge is -2.18. The molecule has 0 spiro atoms. The van der Waals surface area contributed by atoms with Crippen molar-refractivity contribution < 1.29 is 0 Å². The Hall–Kier alpha value is -1.94. The fourth-order valence-corrected chi connectivity index (χ4v) is 1.97. The largest absolute Gasteiger partial charge is 0.354 e. The number of aryl methyl sites for hydroxylation is 1. The summed E-state index contributed by atoms with van der Waals surface area (Å²) in [4.78, 5) is 11.2. The Labute approximate surface area is 114 Å². The summed E-state index contributed by atoms with van der Waals surface area (Å²) in [6.45, 7) is 3.55. The molecule has 0 fully saturated rings. The van der Waals surface area contributed by atoms with E-state index in [9.17, 15) is 0 Å². The van der Waals surface area contributed by atoms with Gasteiger partial charge in [-0.2, -0.15) is 0 Å². The molecule has 0 saturated heterocycles. The number of hydrogen-bond donors (Lipinski definition) is 1. The minimum atomic E-state index is 0.762. The van der Waals surface area contributed by atoms with Gasteiger partial charge in [-0.1, -0.05) is 12.1 Å². The Morgan fingerprint density at radius 2 is 1.79 bits per heavy atom. The van der Waals surface area contributed by atoms with Crippen LogP contribution < -0.4 is 10.2 Å². The molecule has 0 unspecified atom stereocenters. The molecule has 0 amide bonds. The SMILES string of the molecule is CNCc1cccc(N(C)Cc2cccc(C)n2)n1. The molecule has 0 radical (unpaired) electrons. The molecule has 4 nitrogen and oxygen atoms in total. The fraction of sp³-hybridized carbons (Fsp3) is 0.333. The van der Waals surface area contributed by atoms with Crippen LogP contribution in [0.1, 0.15) is 17.1 Å². The zero-order chi connectivity index (χ0) is 13.7. The van der Waals surface area contributed by atoms with Crippen LogP contribution in [0.3, 0.4) is 0 Å². The molecule has 100 valence electrons. The minimum absolute atomic E-state index is 0.762. The van der Waals surface area contributed by atoms with Crippen molar-refractivity contribution in [1.82, 2.24) is 15.3 Å². The van der Waals surface area contributed by atoms with Gasteiger partial charge in [0.15, 0.2) is 0 Å². The van der Waals surface area contributed by atoms with Gasteiger partial charge in [-0.05, 0) is 38.2 Å². The van der Waals surface area contributed by atoms with E-state index < -0.39 is 0 Å². The summed E-state index contributed by atoms with van der Waals surface area (Å²) >= 11 is 0. The first-order valence-electron chi connectivity index (χ1n) is 6.43. The normalized spacial score (nSPS) is 10.5. The van der Waals surface area contributed by atoms with Gasteiger partial charge in [0.05, 0.1) is 17.9 Å². The average molecular weight is 256 g/mol. The number of rotatable bonds is 5. The second-order valence-corrected chi connectivity index (χ2v) is 4.64. The van der Waals surface area contributed by atoms with Crippen LogP contribution >= 0.6 is 0 Å². The van der Waals surface area contributed by atoms with Crippen LogP contribution in [0.5, 0.6) is 0 Å². The van der Waals surface area contributed by atoms with Gasteiger partial charge in [0.2, 0.25) is 0 Å².